The SMILES string of the molecule is CCCCNC1CC(Cc2ccc(Oc3ccccc3)cc2)CC1O. The minimum Gasteiger partial charge on any atom is -0.457 e. The summed E-state index contributed by atoms with van der Waals surface area (Å²) in [7, 11) is 0. The molecule has 25 heavy (non-hydrogen) atoms. The lowest BCUT2D eigenvalue weighted by Crippen LogP contribution is -2.36. The van der Waals surface area contributed by atoms with Gasteiger partial charge in [-0.25, -0.2) is 0 Å². The molecule has 0 radical (unpaired) electrons. The number of hydrogen-bond acceptors (Lipinski definition) is 3. The molecule has 0 amide bonds. The van der Waals surface area contributed by atoms with E-state index in [1.165, 1.54) is 18.4 Å². The zero-order valence-electron chi connectivity index (χ0n) is 15.0. The average Bonchev–Trinajstić information content (AvgIpc) is 2.97. The Hall–Kier alpha value is -1.84. The number of aliphatic hydroxyl groups excluding tert-OH is 1. The molecular weight excluding hydrogens is 310 g/mol. The fourth-order valence-electron chi connectivity index (χ4n) is 3.62. The van der Waals surface area contributed by atoms with E-state index in [2.05, 4.69) is 24.4 Å². The molecule has 3 atom stereocenters. The third kappa shape index (κ3) is 5.32. The van der Waals surface area contributed by atoms with Gasteiger partial charge in [0.05, 0.1) is 6.10 Å². The predicted molar refractivity (Wildman–Crippen MR) is 102 cm³/mol. The molecule has 3 unspecified atom stereocenters. The Kier molecular flexibility index (Phi) is 6.48. The second-order valence-corrected chi connectivity index (χ2v) is 7.08. The molecular formula is C22H29NO2. The van der Waals surface area contributed by atoms with Crippen LogP contribution in [0.2, 0.25) is 0 Å². The summed E-state index contributed by atoms with van der Waals surface area (Å²) in [6.07, 6.45) is 5.14. The molecule has 0 aromatic heterocycles. The highest BCUT2D eigenvalue weighted by atomic mass is 16.5. The average molecular weight is 339 g/mol. The molecule has 0 heterocycles. The number of rotatable bonds is 8. The normalized spacial score (nSPS) is 22.9. The molecule has 0 aliphatic heterocycles. The second-order valence-electron chi connectivity index (χ2n) is 7.08. The summed E-state index contributed by atoms with van der Waals surface area (Å²) >= 11 is 0. The van der Waals surface area contributed by atoms with Gasteiger partial charge in [0.2, 0.25) is 0 Å². The smallest absolute Gasteiger partial charge is 0.127 e. The summed E-state index contributed by atoms with van der Waals surface area (Å²) in [5.41, 5.74) is 1.31. The summed E-state index contributed by atoms with van der Waals surface area (Å²) in [4.78, 5) is 0. The maximum absolute atomic E-state index is 10.3. The Labute approximate surface area is 151 Å². The van der Waals surface area contributed by atoms with Crippen LogP contribution in [0, 0.1) is 5.92 Å². The van der Waals surface area contributed by atoms with Crippen molar-refractivity contribution in [2.75, 3.05) is 6.54 Å². The van der Waals surface area contributed by atoms with Crippen molar-refractivity contribution < 1.29 is 9.84 Å². The highest BCUT2D eigenvalue weighted by molar-refractivity contribution is 5.33. The summed E-state index contributed by atoms with van der Waals surface area (Å²) in [6, 6.07) is 18.5. The van der Waals surface area contributed by atoms with Crippen LogP contribution in [0.3, 0.4) is 0 Å². The Morgan fingerprint density at radius 2 is 1.72 bits per heavy atom. The van der Waals surface area contributed by atoms with E-state index in [9.17, 15) is 5.11 Å². The molecule has 134 valence electrons. The molecule has 3 heteroatoms. The van der Waals surface area contributed by atoms with E-state index in [-0.39, 0.29) is 12.1 Å². The van der Waals surface area contributed by atoms with Gasteiger partial charge in [-0.1, -0.05) is 43.7 Å². The monoisotopic (exact) mass is 339 g/mol. The van der Waals surface area contributed by atoms with Crippen molar-refractivity contribution in [1.29, 1.82) is 0 Å². The number of unbranched alkanes of at least 4 members (excludes halogenated alkanes) is 1. The molecule has 0 spiro atoms. The van der Waals surface area contributed by atoms with Crippen molar-refractivity contribution in [3.8, 4) is 11.5 Å². The molecule has 2 aromatic carbocycles. The van der Waals surface area contributed by atoms with E-state index < -0.39 is 0 Å². The van der Waals surface area contributed by atoms with E-state index in [4.69, 9.17) is 4.74 Å². The van der Waals surface area contributed by atoms with Gasteiger partial charge in [0.1, 0.15) is 11.5 Å². The number of nitrogens with one attached hydrogen (secondary N) is 1. The van der Waals surface area contributed by atoms with Crippen LogP contribution in [0.1, 0.15) is 38.2 Å². The molecule has 1 aliphatic rings. The molecule has 0 saturated heterocycles. The van der Waals surface area contributed by atoms with Crippen LogP contribution in [-0.2, 0) is 6.42 Å². The van der Waals surface area contributed by atoms with Crippen LogP contribution >= 0.6 is 0 Å². The van der Waals surface area contributed by atoms with Crippen molar-refractivity contribution in [2.24, 2.45) is 5.92 Å². The highest BCUT2D eigenvalue weighted by Crippen LogP contribution is 2.30. The van der Waals surface area contributed by atoms with Gasteiger partial charge < -0.3 is 15.2 Å². The van der Waals surface area contributed by atoms with Gasteiger partial charge in [0.25, 0.3) is 0 Å². The van der Waals surface area contributed by atoms with Crippen molar-refractivity contribution in [2.45, 2.75) is 51.2 Å². The lowest BCUT2D eigenvalue weighted by atomic mass is 9.97. The van der Waals surface area contributed by atoms with Crippen LogP contribution < -0.4 is 10.1 Å². The van der Waals surface area contributed by atoms with Gasteiger partial charge in [0, 0.05) is 6.04 Å². The summed E-state index contributed by atoms with van der Waals surface area (Å²) in [6.45, 7) is 3.21. The maximum atomic E-state index is 10.3. The Morgan fingerprint density at radius 1 is 1.00 bits per heavy atom. The van der Waals surface area contributed by atoms with Crippen molar-refractivity contribution in [3.05, 3.63) is 60.2 Å². The molecule has 1 aliphatic carbocycles. The number of ether oxygens (including phenoxy) is 1. The van der Waals surface area contributed by atoms with Crippen molar-refractivity contribution >= 4 is 0 Å². The van der Waals surface area contributed by atoms with Gasteiger partial charge in [-0.05, 0) is 68.0 Å². The van der Waals surface area contributed by atoms with E-state index in [1.54, 1.807) is 0 Å². The first-order valence-electron chi connectivity index (χ1n) is 9.48. The second kappa shape index (κ2) is 9.02. The van der Waals surface area contributed by atoms with Gasteiger partial charge in [-0.15, -0.1) is 0 Å². The molecule has 0 bridgehead atoms. The van der Waals surface area contributed by atoms with E-state index >= 15 is 0 Å². The van der Waals surface area contributed by atoms with Crippen LogP contribution in [0.5, 0.6) is 11.5 Å². The van der Waals surface area contributed by atoms with Gasteiger partial charge in [0.15, 0.2) is 0 Å². The Balaban J connectivity index is 1.50. The zero-order valence-corrected chi connectivity index (χ0v) is 15.0. The van der Waals surface area contributed by atoms with Crippen LogP contribution in [0.15, 0.2) is 54.6 Å². The third-order valence-electron chi connectivity index (χ3n) is 4.99. The highest BCUT2D eigenvalue weighted by Gasteiger charge is 2.32. The van der Waals surface area contributed by atoms with E-state index in [0.29, 0.717) is 5.92 Å². The van der Waals surface area contributed by atoms with Gasteiger partial charge in [-0.2, -0.15) is 0 Å². The van der Waals surface area contributed by atoms with Crippen LogP contribution in [0.4, 0.5) is 0 Å². The van der Waals surface area contributed by atoms with Crippen LogP contribution in [-0.4, -0.2) is 23.8 Å². The summed E-state index contributed by atoms with van der Waals surface area (Å²) in [5, 5.41) is 13.8. The Morgan fingerprint density at radius 3 is 2.44 bits per heavy atom. The molecule has 2 N–H and O–H groups in total. The molecule has 1 fully saturated rings. The van der Waals surface area contributed by atoms with Gasteiger partial charge >= 0.3 is 0 Å². The number of aliphatic hydroxyl groups is 1. The third-order valence-corrected chi connectivity index (χ3v) is 4.99. The quantitative estimate of drug-likeness (QED) is 0.693. The standard InChI is InChI=1S/C22H29NO2/c1-2-3-13-23-21-15-18(16-22(21)24)14-17-9-11-20(12-10-17)25-19-7-5-4-6-8-19/h4-12,18,21-24H,2-3,13-16H2,1H3. The molecule has 1 saturated carbocycles. The minimum absolute atomic E-state index is 0.206. The topological polar surface area (TPSA) is 41.5 Å². The summed E-state index contributed by atoms with van der Waals surface area (Å²) in [5.74, 6) is 2.27. The zero-order chi connectivity index (χ0) is 17.5. The number of para-hydroxylation sites is 1. The minimum atomic E-state index is -0.206. The molecule has 2 aromatic rings. The number of hydrogen-bond donors (Lipinski definition) is 2. The Bertz CT molecular complexity index is 626. The van der Waals surface area contributed by atoms with Crippen LogP contribution in [0.25, 0.3) is 0 Å². The van der Waals surface area contributed by atoms with E-state index in [1.807, 2.05) is 42.5 Å². The lowest BCUT2D eigenvalue weighted by Gasteiger charge is -2.16. The lowest BCUT2D eigenvalue weighted by molar-refractivity contribution is 0.147. The first-order chi connectivity index (χ1) is 12.2. The van der Waals surface area contributed by atoms with Crippen molar-refractivity contribution in [3.63, 3.8) is 0 Å². The van der Waals surface area contributed by atoms with Crippen molar-refractivity contribution in [1.82, 2.24) is 5.32 Å². The summed E-state index contributed by atoms with van der Waals surface area (Å²) < 4.78 is 5.84. The van der Waals surface area contributed by atoms with Gasteiger partial charge in [-0.3, -0.25) is 0 Å². The predicted octanol–water partition coefficient (Wildman–Crippen LogP) is 4.55. The fraction of sp³-hybridized carbons (Fsp3) is 0.455. The largest absolute Gasteiger partial charge is 0.457 e. The first-order valence-corrected chi connectivity index (χ1v) is 9.48. The maximum Gasteiger partial charge on any atom is 0.127 e. The number of benzene rings is 2. The first kappa shape index (κ1) is 18.0. The fourth-order valence-corrected chi connectivity index (χ4v) is 3.62. The molecule has 3 nitrogen and oxygen atoms in total. The molecule has 3 rings (SSSR count). The van der Waals surface area contributed by atoms with E-state index in [0.717, 1.165) is 37.3 Å².